The summed E-state index contributed by atoms with van der Waals surface area (Å²) < 4.78 is 0. The van der Waals surface area contributed by atoms with E-state index in [2.05, 4.69) is 57.4 Å². The Bertz CT molecular complexity index is 835. The van der Waals surface area contributed by atoms with Crippen LogP contribution in [0.3, 0.4) is 0 Å². The summed E-state index contributed by atoms with van der Waals surface area (Å²) in [6.07, 6.45) is 1.54. The minimum atomic E-state index is -0.450. The predicted molar refractivity (Wildman–Crippen MR) is 124 cm³/mol. The van der Waals surface area contributed by atoms with Crippen LogP contribution in [0.2, 0.25) is 0 Å². The highest BCUT2D eigenvalue weighted by Gasteiger charge is 2.21. The quantitative estimate of drug-likeness (QED) is 0.506. The summed E-state index contributed by atoms with van der Waals surface area (Å²) in [4.78, 5) is 19.1. The zero-order valence-corrected chi connectivity index (χ0v) is 18.0. The number of rotatable bonds is 8. The van der Waals surface area contributed by atoms with E-state index < -0.39 is 6.29 Å². The lowest BCUT2D eigenvalue weighted by Crippen LogP contribution is -2.57. The van der Waals surface area contributed by atoms with E-state index in [1.165, 1.54) is 0 Å². The Labute approximate surface area is 179 Å². The molecule has 3 rings (SSSR count). The van der Waals surface area contributed by atoms with E-state index in [4.69, 9.17) is 0 Å². The first kappa shape index (κ1) is 22.0. The first-order valence-electron chi connectivity index (χ1n) is 10.4. The molecular formula is C23H32N6O. The summed E-state index contributed by atoms with van der Waals surface area (Å²) in [6.45, 7) is 3.94. The second-order valence-corrected chi connectivity index (χ2v) is 7.84. The molecule has 1 aliphatic rings. The minimum absolute atomic E-state index is 0.0973. The van der Waals surface area contributed by atoms with Gasteiger partial charge < -0.3 is 20.9 Å². The van der Waals surface area contributed by atoms with Crippen LogP contribution in [0.5, 0.6) is 0 Å². The molecule has 7 heteroatoms. The van der Waals surface area contributed by atoms with Gasteiger partial charge in [-0.05, 0) is 63.8 Å². The Morgan fingerprint density at radius 2 is 1.80 bits per heavy atom. The largest absolute Gasteiger partial charge is 0.321 e. The average Bonchev–Trinajstić information content (AvgIpc) is 2.72. The van der Waals surface area contributed by atoms with Crippen molar-refractivity contribution in [3.63, 3.8) is 0 Å². The van der Waals surface area contributed by atoms with Crippen LogP contribution in [0, 0.1) is 0 Å². The summed E-state index contributed by atoms with van der Waals surface area (Å²) in [5, 5.41) is 12.6. The number of amides is 2. The van der Waals surface area contributed by atoms with E-state index in [0.29, 0.717) is 0 Å². The van der Waals surface area contributed by atoms with Gasteiger partial charge in [0.2, 0.25) is 0 Å². The number of hydrogen-bond acceptors (Lipinski definition) is 5. The normalized spacial score (nSPS) is 18.7. The number of carbonyl (C=O) groups excluding carboxylic acids is 1. The highest BCUT2D eigenvalue weighted by Crippen LogP contribution is 2.20. The van der Waals surface area contributed by atoms with Crippen LogP contribution in [-0.4, -0.2) is 56.3 Å². The topological polar surface area (TPSA) is 80.8 Å². The van der Waals surface area contributed by atoms with Crippen molar-refractivity contribution in [2.24, 2.45) is 4.99 Å². The molecule has 0 aromatic heterocycles. The zero-order chi connectivity index (χ0) is 21.3. The SMILES string of the molecule is CC1=NC(NC(=O)Nc2ccc(-c3ccccc3)cc2)NC(NCCCN(C)C)C1. The van der Waals surface area contributed by atoms with Crippen LogP contribution in [-0.2, 0) is 0 Å². The molecule has 30 heavy (non-hydrogen) atoms. The lowest BCUT2D eigenvalue weighted by molar-refractivity contribution is 0.241. The van der Waals surface area contributed by atoms with Gasteiger partial charge in [0.1, 0.15) is 0 Å². The average molecular weight is 409 g/mol. The van der Waals surface area contributed by atoms with Crippen molar-refractivity contribution >= 4 is 17.4 Å². The fourth-order valence-corrected chi connectivity index (χ4v) is 3.40. The number of hydrogen-bond donors (Lipinski definition) is 4. The monoisotopic (exact) mass is 408 g/mol. The Balaban J connectivity index is 1.48. The highest BCUT2D eigenvalue weighted by atomic mass is 16.2. The molecule has 2 aromatic rings. The second-order valence-electron chi connectivity index (χ2n) is 7.84. The standard InChI is InChI=1S/C23H32N6O/c1-17-16-21(24-14-7-15-29(2)3)27-22(25-17)28-23(30)26-20-12-10-19(11-13-20)18-8-5-4-6-9-18/h4-6,8-13,21-22,24,27H,7,14-16H2,1-3H3,(H2,26,28,30). The Kier molecular flexibility index (Phi) is 7.96. The minimum Gasteiger partial charge on any atom is -0.309 e. The molecule has 0 spiro atoms. The summed E-state index contributed by atoms with van der Waals surface area (Å²) >= 11 is 0. The summed E-state index contributed by atoms with van der Waals surface area (Å²) in [5.41, 5.74) is 4.01. The van der Waals surface area contributed by atoms with Gasteiger partial charge in [-0.1, -0.05) is 42.5 Å². The van der Waals surface area contributed by atoms with Crippen LogP contribution >= 0.6 is 0 Å². The van der Waals surface area contributed by atoms with Crippen molar-refractivity contribution in [1.82, 2.24) is 20.9 Å². The molecule has 1 aliphatic heterocycles. The van der Waals surface area contributed by atoms with Gasteiger partial charge in [0, 0.05) is 17.8 Å². The third-order valence-corrected chi connectivity index (χ3v) is 4.90. The third-order valence-electron chi connectivity index (χ3n) is 4.90. The number of aliphatic imine (C=N–C) groups is 1. The van der Waals surface area contributed by atoms with Crippen LogP contribution in [0.25, 0.3) is 11.1 Å². The number of nitrogens with one attached hydrogen (secondary N) is 4. The van der Waals surface area contributed by atoms with Gasteiger partial charge in [-0.2, -0.15) is 0 Å². The Morgan fingerprint density at radius 1 is 1.10 bits per heavy atom. The van der Waals surface area contributed by atoms with Crippen molar-refractivity contribution in [1.29, 1.82) is 0 Å². The molecule has 4 N–H and O–H groups in total. The fraction of sp³-hybridized carbons (Fsp3) is 0.391. The maximum atomic E-state index is 12.4. The smallest absolute Gasteiger partial charge is 0.309 e. The van der Waals surface area contributed by atoms with Gasteiger partial charge >= 0.3 is 6.03 Å². The number of carbonyl (C=O) groups is 1. The molecule has 0 fully saturated rings. The molecule has 7 nitrogen and oxygen atoms in total. The number of benzene rings is 2. The van der Waals surface area contributed by atoms with Gasteiger partial charge in [0.05, 0.1) is 6.17 Å². The lowest BCUT2D eigenvalue weighted by Gasteiger charge is -2.30. The van der Waals surface area contributed by atoms with Gasteiger partial charge in [-0.15, -0.1) is 0 Å². The molecule has 0 saturated carbocycles. The van der Waals surface area contributed by atoms with Crippen LogP contribution in [0.4, 0.5) is 10.5 Å². The van der Waals surface area contributed by atoms with Crippen LogP contribution in [0.15, 0.2) is 59.6 Å². The molecule has 0 aliphatic carbocycles. The molecule has 0 bridgehead atoms. The van der Waals surface area contributed by atoms with E-state index in [1.807, 2.05) is 49.4 Å². The van der Waals surface area contributed by atoms with E-state index in [1.54, 1.807) is 0 Å². The van der Waals surface area contributed by atoms with Crippen LogP contribution in [0.1, 0.15) is 19.8 Å². The van der Waals surface area contributed by atoms with Crippen molar-refractivity contribution in [2.75, 3.05) is 32.5 Å². The summed E-state index contributed by atoms with van der Waals surface area (Å²) in [6, 6.07) is 17.7. The maximum absolute atomic E-state index is 12.4. The Morgan fingerprint density at radius 3 is 2.50 bits per heavy atom. The number of anilines is 1. The highest BCUT2D eigenvalue weighted by molar-refractivity contribution is 5.90. The third kappa shape index (κ3) is 6.95. The van der Waals surface area contributed by atoms with Crippen molar-refractivity contribution < 1.29 is 4.79 Å². The molecule has 0 saturated heterocycles. The van der Waals surface area contributed by atoms with Gasteiger partial charge in [-0.3, -0.25) is 10.3 Å². The van der Waals surface area contributed by atoms with Gasteiger partial charge in [0.15, 0.2) is 6.29 Å². The molecule has 2 aromatic carbocycles. The van der Waals surface area contributed by atoms with Gasteiger partial charge in [-0.25, -0.2) is 4.79 Å². The van der Waals surface area contributed by atoms with Gasteiger partial charge in [0.25, 0.3) is 0 Å². The predicted octanol–water partition coefficient (Wildman–Crippen LogP) is 3.08. The molecular weight excluding hydrogens is 376 g/mol. The lowest BCUT2D eigenvalue weighted by atomic mass is 10.1. The first-order valence-corrected chi connectivity index (χ1v) is 10.4. The maximum Gasteiger partial charge on any atom is 0.321 e. The van der Waals surface area contributed by atoms with E-state index in [-0.39, 0.29) is 12.2 Å². The summed E-state index contributed by atoms with van der Waals surface area (Å²) in [5.74, 6) is 0. The molecule has 160 valence electrons. The van der Waals surface area contributed by atoms with Crippen molar-refractivity contribution in [2.45, 2.75) is 32.2 Å². The number of nitrogens with zero attached hydrogens (tertiary/aromatic N) is 2. The number of urea groups is 1. The van der Waals surface area contributed by atoms with E-state index in [0.717, 1.165) is 48.5 Å². The second kappa shape index (κ2) is 10.9. The van der Waals surface area contributed by atoms with E-state index >= 15 is 0 Å². The molecule has 2 atom stereocenters. The Hall–Kier alpha value is -2.74. The molecule has 2 unspecified atom stereocenters. The van der Waals surface area contributed by atoms with Crippen molar-refractivity contribution in [3.8, 4) is 11.1 Å². The fourth-order valence-electron chi connectivity index (χ4n) is 3.40. The molecule has 0 radical (unpaired) electrons. The zero-order valence-electron chi connectivity index (χ0n) is 18.0. The van der Waals surface area contributed by atoms with Crippen LogP contribution < -0.4 is 21.3 Å². The molecule has 2 amide bonds. The van der Waals surface area contributed by atoms with E-state index in [9.17, 15) is 4.79 Å². The first-order chi connectivity index (χ1) is 14.5. The summed E-state index contributed by atoms with van der Waals surface area (Å²) in [7, 11) is 4.15. The van der Waals surface area contributed by atoms with Crippen molar-refractivity contribution in [3.05, 3.63) is 54.6 Å². The molecule has 1 heterocycles.